The van der Waals surface area contributed by atoms with Gasteiger partial charge in [0.1, 0.15) is 0 Å². The van der Waals surface area contributed by atoms with Crippen LogP contribution in [0.4, 0.5) is 0 Å². The van der Waals surface area contributed by atoms with Gasteiger partial charge in [-0.25, -0.2) is 0 Å². The molecule has 0 aromatic heterocycles. The van der Waals surface area contributed by atoms with E-state index in [2.05, 4.69) is 17.1 Å². The fraction of sp³-hybridized carbons (Fsp3) is 1.00. The second-order valence-corrected chi connectivity index (χ2v) is 7.30. The molecule has 1 heterocycles. The van der Waals surface area contributed by atoms with Crippen LogP contribution in [-0.4, -0.2) is 36.6 Å². The number of likely N-dealkylation sites (tertiary alicyclic amines) is 1. The molecule has 2 nitrogen and oxygen atoms in total. The zero-order valence-electron chi connectivity index (χ0n) is 11.8. The first-order valence-corrected chi connectivity index (χ1v) is 8.35. The van der Waals surface area contributed by atoms with Crippen molar-refractivity contribution in [1.82, 2.24) is 10.2 Å². The van der Waals surface area contributed by atoms with Crippen LogP contribution in [0.2, 0.25) is 0 Å². The fourth-order valence-corrected chi connectivity index (χ4v) is 5.46. The number of nitrogens with zero attached hydrogens (tertiary/aromatic N) is 1. The summed E-state index contributed by atoms with van der Waals surface area (Å²) in [6, 6.07) is 1.78. The van der Waals surface area contributed by atoms with Gasteiger partial charge in [-0.05, 0) is 81.8 Å². The molecule has 0 aromatic rings. The summed E-state index contributed by atoms with van der Waals surface area (Å²) in [5, 5.41) is 4.03. The summed E-state index contributed by atoms with van der Waals surface area (Å²) in [5.41, 5.74) is 0. The Morgan fingerprint density at radius 1 is 1.00 bits per heavy atom. The molecule has 3 aliphatic carbocycles. The van der Waals surface area contributed by atoms with E-state index in [0.717, 1.165) is 35.8 Å². The highest BCUT2D eigenvalue weighted by molar-refractivity contribution is 5.17. The van der Waals surface area contributed by atoms with Gasteiger partial charge in [-0.15, -0.1) is 0 Å². The Morgan fingerprint density at radius 2 is 1.67 bits per heavy atom. The SMILES string of the molecule is CCCN1CCC(NC2C3C4CCC(C4)C23)CC1. The Kier molecular flexibility index (Phi) is 2.92. The molecular weight excluding hydrogens is 220 g/mol. The lowest BCUT2D eigenvalue weighted by Gasteiger charge is -2.32. The van der Waals surface area contributed by atoms with E-state index in [1.54, 1.807) is 19.3 Å². The van der Waals surface area contributed by atoms with Crippen LogP contribution in [0.3, 0.4) is 0 Å². The second-order valence-electron chi connectivity index (χ2n) is 7.30. The van der Waals surface area contributed by atoms with Crippen molar-refractivity contribution in [1.29, 1.82) is 0 Å². The lowest BCUT2D eigenvalue weighted by molar-refractivity contribution is 0.193. The van der Waals surface area contributed by atoms with E-state index in [1.165, 1.54) is 38.9 Å². The summed E-state index contributed by atoms with van der Waals surface area (Å²) >= 11 is 0. The van der Waals surface area contributed by atoms with E-state index in [0.29, 0.717) is 0 Å². The van der Waals surface area contributed by atoms with E-state index in [9.17, 15) is 0 Å². The van der Waals surface area contributed by atoms with Crippen LogP contribution in [0.15, 0.2) is 0 Å². The molecule has 18 heavy (non-hydrogen) atoms. The molecule has 4 unspecified atom stereocenters. The second kappa shape index (κ2) is 4.49. The quantitative estimate of drug-likeness (QED) is 0.822. The van der Waals surface area contributed by atoms with Gasteiger partial charge >= 0.3 is 0 Å². The number of fused-ring (bicyclic) bond motifs is 5. The number of rotatable bonds is 4. The molecule has 4 fully saturated rings. The van der Waals surface area contributed by atoms with E-state index < -0.39 is 0 Å². The lowest BCUT2D eigenvalue weighted by Crippen LogP contribution is -2.44. The number of piperidine rings is 1. The highest BCUT2D eigenvalue weighted by Gasteiger charge is 2.64. The van der Waals surface area contributed by atoms with Crippen LogP contribution in [-0.2, 0) is 0 Å². The van der Waals surface area contributed by atoms with E-state index >= 15 is 0 Å². The highest BCUT2D eigenvalue weighted by Crippen LogP contribution is 2.65. The summed E-state index contributed by atoms with van der Waals surface area (Å²) in [6.07, 6.45) is 8.80. The summed E-state index contributed by atoms with van der Waals surface area (Å²) in [5.74, 6) is 4.46. The number of nitrogens with one attached hydrogen (secondary N) is 1. The summed E-state index contributed by atoms with van der Waals surface area (Å²) in [6.45, 7) is 6.28. The largest absolute Gasteiger partial charge is 0.311 e. The summed E-state index contributed by atoms with van der Waals surface area (Å²) in [7, 11) is 0. The van der Waals surface area contributed by atoms with Crippen LogP contribution < -0.4 is 5.32 Å². The van der Waals surface area contributed by atoms with Crippen molar-refractivity contribution >= 4 is 0 Å². The van der Waals surface area contributed by atoms with Gasteiger partial charge in [-0.2, -0.15) is 0 Å². The van der Waals surface area contributed by atoms with Crippen molar-refractivity contribution in [2.45, 2.75) is 57.5 Å². The molecule has 4 atom stereocenters. The Hall–Kier alpha value is -0.0800. The van der Waals surface area contributed by atoms with Crippen molar-refractivity contribution in [2.75, 3.05) is 19.6 Å². The van der Waals surface area contributed by atoms with Crippen molar-refractivity contribution in [3.63, 3.8) is 0 Å². The lowest BCUT2D eigenvalue weighted by atomic mass is 10.0. The third-order valence-electron chi connectivity index (χ3n) is 6.29. The monoisotopic (exact) mass is 248 g/mol. The predicted octanol–water partition coefficient (Wildman–Crippen LogP) is 2.49. The molecule has 102 valence electrons. The summed E-state index contributed by atoms with van der Waals surface area (Å²) < 4.78 is 0. The van der Waals surface area contributed by atoms with Gasteiger partial charge in [-0.1, -0.05) is 6.92 Å². The van der Waals surface area contributed by atoms with Crippen molar-refractivity contribution in [2.24, 2.45) is 23.7 Å². The highest BCUT2D eigenvalue weighted by atomic mass is 15.1. The maximum atomic E-state index is 4.03. The maximum Gasteiger partial charge on any atom is 0.0138 e. The normalized spacial score (nSPS) is 47.5. The molecule has 2 heteroatoms. The molecule has 2 bridgehead atoms. The minimum atomic E-state index is 0.841. The first-order chi connectivity index (χ1) is 8.86. The number of hydrogen-bond acceptors (Lipinski definition) is 2. The van der Waals surface area contributed by atoms with Crippen molar-refractivity contribution < 1.29 is 0 Å². The van der Waals surface area contributed by atoms with Gasteiger partial charge in [0, 0.05) is 12.1 Å². The van der Waals surface area contributed by atoms with Gasteiger partial charge < -0.3 is 10.2 Å². The van der Waals surface area contributed by atoms with E-state index in [1.807, 2.05) is 0 Å². The average Bonchev–Trinajstić information content (AvgIpc) is 2.80. The predicted molar refractivity (Wildman–Crippen MR) is 74.5 cm³/mol. The third kappa shape index (κ3) is 1.84. The standard InChI is InChI=1S/C16H28N2/c1-2-7-18-8-5-13(6-9-18)17-16-14-11-3-4-12(10-11)15(14)16/h11-17H,2-10H2,1H3. The zero-order chi connectivity index (χ0) is 12.1. The van der Waals surface area contributed by atoms with Crippen LogP contribution >= 0.6 is 0 Å². The van der Waals surface area contributed by atoms with Crippen molar-refractivity contribution in [3.05, 3.63) is 0 Å². The Balaban J connectivity index is 1.26. The van der Waals surface area contributed by atoms with Crippen LogP contribution in [0.25, 0.3) is 0 Å². The zero-order valence-corrected chi connectivity index (χ0v) is 11.8. The average molecular weight is 248 g/mol. The molecule has 0 aromatic carbocycles. The van der Waals surface area contributed by atoms with Gasteiger partial charge in [0.25, 0.3) is 0 Å². The van der Waals surface area contributed by atoms with Gasteiger partial charge in [0.05, 0.1) is 0 Å². The molecule has 4 aliphatic rings. The first-order valence-electron chi connectivity index (χ1n) is 8.35. The first kappa shape index (κ1) is 11.7. The van der Waals surface area contributed by atoms with Gasteiger partial charge in [0.15, 0.2) is 0 Å². The molecule has 0 amide bonds. The van der Waals surface area contributed by atoms with Crippen LogP contribution in [0, 0.1) is 23.7 Å². The third-order valence-corrected chi connectivity index (χ3v) is 6.29. The fourth-order valence-electron chi connectivity index (χ4n) is 5.46. The van der Waals surface area contributed by atoms with Gasteiger partial charge in [0.2, 0.25) is 0 Å². The summed E-state index contributed by atoms with van der Waals surface area (Å²) in [4.78, 5) is 2.65. The maximum absolute atomic E-state index is 4.03. The van der Waals surface area contributed by atoms with Crippen molar-refractivity contribution in [3.8, 4) is 0 Å². The van der Waals surface area contributed by atoms with Crippen LogP contribution in [0.5, 0.6) is 0 Å². The molecule has 1 N–H and O–H groups in total. The molecule has 4 rings (SSSR count). The molecule has 1 saturated heterocycles. The van der Waals surface area contributed by atoms with Crippen LogP contribution in [0.1, 0.15) is 45.4 Å². The topological polar surface area (TPSA) is 15.3 Å². The molecule has 3 saturated carbocycles. The molecular formula is C16H28N2. The Labute approximate surface area is 111 Å². The van der Waals surface area contributed by atoms with E-state index in [4.69, 9.17) is 0 Å². The van der Waals surface area contributed by atoms with Gasteiger partial charge in [-0.3, -0.25) is 0 Å². The minimum absolute atomic E-state index is 0.841. The smallest absolute Gasteiger partial charge is 0.0138 e. The molecule has 0 spiro atoms. The number of hydrogen-bond donors (Lipinski definition) is 1. The Bertz CT molecular complexity index is 292. The minimum Gasteiger partial charge on any atom is -0.311 e. The molecule has 0 radical (unpaired) electrons. The Morgan fingerprint density at radius 3 is 2.28 bits per heavy atom. The van der Waals surface area contributed by atoms with E-state index in [-0.39, 0.29) is 0 Å². The molecule has 1 aliphatic heterocycles.